The van der Waals surface area contributed by atoms with Crippen LogP contribution in [0.2, 0.25) is 0 Å². The molecule has 9 nitrogen and oxygen atoms in total. The van der Waals surface area contributed by atoms with Crippen molar-refractivity contribution < 1.29 is 9.31 Å². The van der Waals surface area contributed by atoms with Crippen LogP contribution in [0.25, 0.3) is 11.3 Å². The lowest BCUT2D eigenvalue weighted by atomic mass is 10.1. The fourth-order valence-corrected chi connectivity index (χ4v) is 3.98. The molecule has 0 spiro atoms. The second-order valence-electron chi connectivity index (χ2n) is 7.03. The molecule has 0 bridgehead atoms. The highest BCUT2D eigenvalue weighted by Gasteiger charge is 2.16. The summed E-state index contributed by atoms with van der Waals surface area (Å²) < 4.78 is 13.1. The van der Waals surface area contributed by atoms with Crippen LogP contribution in [0.5, 0.6) is 0 Å². The summed E-state index contributed by atoms with van der Waals surface area (Å²) in [5.74, 6) is -0.390. The van der Waals surface area contributed by atoms with Gasteiger partial charge < -0.3 is 0 Å². The molecular formula is C24H15FN6O3S. The van der Waals surface area contributed by atoms with Crippen LogP contribution in [0.1, 0.15) is 11.1 Å². The molecule has 172 valence electrons. The number of halogens is 1. The second-order valence-corrected chi connectivity index (χ2v) is 8.14. The normalized spacial score (nSPS) is 10.7. The summed E-state index contributed by atoms with van der Waals surface area (Å²) >= 11 is 1.14. The van der Waals surface area contributed by atoms with Gasteiger partial charge in [0.2, 0.25) is 5.95 Å². The molecule has 35 heavy (non-hydrogen) atoms. The minimum absolute atomic E-state index is 0.00193. The van der Waals surface area contributed by atoms with Gasteiger partial charge in [0.1, 0.15) is 17.4 Å². The number of aromatic nitrogens is 2. The van der Waals surface area contributed by atoms with Crippen LogP contribution in [0.15, 0.2) is 92.5 Å². The topological polar surface area (TPSA) is 137 Å². The van der Waals surface area contributed by atoms with Crippen LogP contribution in [-0.2, 0) is 0 Å². The first-order valence-electron chi connectivity index (χ1n) is 10.1. The third kappa shape index (κ3) is 5.58. The zero-order valence-corrected chi connectivity index (χ0v) is 18.6. The highest BCUT2D eigenvalue weighted by atomic mass is 32.2. The van der Waals surface area contributed by atoms with E-state index in [1.54, 1.807) is 42.5 Å². The van der Waals surface area contributed by atoms with E-state index < -0.39 is 16.3 Å². The third-order valence-electron chi connectivity index (χ3n) is 4.68. The fourth-order valence-electron chi connectivity index (χ4n) is 3.08. The smallest absolute Gasteiger partial charge is 0.283 e. The number of H-pyrrole nitrogens is 1. The highest BCUT2D eigenvalue weighted by Crippen LogP contribution is 2.35. The number of benzene rings is 3. The van der Waals surface area contributed by atoms with Gasteiger partial charge in [-0.15, -0.1) is 0 Å². The lowest BCUT2D eigenvalue weighted by molar-refractivity contribution is -0.387. The van der Waals surface area contributed by atoms with Gasteiger partial charge in [0.15, 0.2) is 0 Å². The third-order valence-corrected chi connectivity index (χ3v) is 5.76. The van der Waals surface area contributed by atoms with Crippen molar-refractivity contribution in [3.05, 3.63) is 110 Å². The van der Waals surface area contributed by atoms with Gasteiger partial charge in [-0.1, -0.05) is 48.2 Å². The lowest BCUT2D eigenvalue weighted by Crippen LogP contribution is -2.16. The predicted octanol–water partition coefficient (Wildman–Crippen LogP) is 4.95. The summed E-state index contributed by atoms with van der Waals surface area (Å²) in [5.41, 5.74) is 2.90. The molecule has 0 aliphatic carbocycles. The summed E-state index contributed by atoms with van der Waals surface area (Å²) in [5, 5.41) is 24.9. The molecule has 4 rings (SSSR count). The largest absolute Gasteiger partial charge is 0.290 e. The van der Waals surface area contributed by atoms with Crippen molar-refractivity contribution in [1.29, 1.82) is 5.26 Å². The number of nitriles is 1. The summed E-state index contributed by atoms with van der Waals surface area (Å²) in [7, 11) is 0. The molecule has 0 saturated heterocycles. The number of nitrogens with one attached hydrogen (secondary N) is 2. The van der Waals surface area contributed by atoms with Gasteiger partial charge in [-0.3, -0.25) is 19.9 Å². The van der Waals surface area contributed by atoms with E-state index in [4.69, 9.17) is 0 Å². The van der Waals surface area contributed by atoms with Gasteiger partial charge in [-0.05, 0) is 30.3 Å². The van der Waals surface area contributed by atoms with E-state index in [-0.39, 0.29) is 22.9 Å². The van der Waals surface area contributed by atoms with Crippen LogP contribution in [-0.4, -0.2) is 21.1 Å². The van der Waals surface area contributed by atoms with E-state index in [0.717, 1.165) is 11.8 Å². The summed E-state index contributed by atoms with van der Waals surface area (Å²) in [6.45, 7) is 0. The van der Waals surface area contributed by atoms with Gasteiger partial charge in [0.05, 0.1) is 21.7 Å². The first kappa shape index (κ1) is 23.3. The van der Waals surface area contributed by atoms with Crippen molar-refractivity contribution in [2.24, 2.45) is 5.10 Å². The number of hydrazone groups is 1. The fraction of sp³-hybridized carbons (Fsp3) is 0. The van der Waals surface area contributed by atoms with E-state index in [2.05, 4.69) is 20.5 Å². The first-order valence-corrected chi connectivity index (χ1v) is 10.9. The Morgan fingerprint density at radius 2 is 1.89 bits per heavy atom. The molecule has 0 amide bonds. The second kappa shape index (κ2) is 10.4. The molecule has 0 saturated carbocycles. The van der Waals surface area contributed by atoms with E-state index in [1.807, 2.05) is 6.07 Å². The Morgan fingerprint density at radius 1 is 1.14 bits per heavy atom. The minimum atomic E-state index is -0.628. The van der Waals surface area contributed by atoms with Crippen LogP contribution in [0, 0.1) is 27.3 Å². The Hall–Kier alpha value is -4.82. The van der Waals surface area contributed by atoms with Crippen molar-refractivity contribution in [1.82, 2.24) is 9.97 Å². The minimum Gasteiger partial charge on any atom is -0.290 e. The van der Waals surface area contributed by atoms with Crippen LogP contribution in [0.3, 0.4) is 0 Å². The number of rotatable bonds is 7. The monoisotopic (exact) mass is 486 g/mol. The Kier molecular flexibility index (Phi) is 6.94. The molecular weight excluding hydrogens is 471 g/mol. The standard InChI is InChI=1S/C24H15FN6O3S/c25-17-7-9-18(10-8-17)35-21-11-6-15(12-20(21)31(33)34)14-27-30-24-28-22(16-4-2-1-3-5-16)19(13-26)23(32)29-24/h1-12,14H,(H2,28,29,30,32). The SMILES string of the molecule is N#Cc1c(-c2ccccc2)nc(NN=Cc2ccc(Sc3ccc(F)cc3)c([N+](=O)[O-])c2)[nH]c1=O. The molecule has 0 aliphatic heterocycles. The number of hydrogen-bond acceptors (Lipinski definition) is 8. The average Bonchev–Trinajstić information content (AvgIpc) is 2.86. The molecule has 0 radical (unpaired) electrons. The average molecular weight is 486 g/mol. The quantitative estimate of drug-likeness (QED) is 0.214. The van der Waals surface area contributed by atoms with Crippen molar-refractivity contribution in [2.75, 3.05) is 5.43 Å². The van der Waals surface area contributed by atoms with Crippen LogP contribution in [0.4, 0.5) is 16.0 Å². The van der Waals surface area contributed by atoms with Gasteiger partial charge in [-0.2, -0.15) is 10.4 Å². The summed E-state index contributed by atoms with van der Waals surface area (Å²) in [6, 6.07) is 20.8. The maximum atomic E-state index is 13.1. The lowest BCUT2D eigenvalue weighted by Gasteiger charge is -2.06. The zero-order valence-electron chi connectivity index (χ0n) is 17.8. The van der Waals surface area contributed by atoms with Crippen molar-refractivity contribution in [3.8, 4) is 17.3 Å². The van der Waals surface area contributed by atoms with Gasteiger partial charge in [0.25, 0.3) is 11.2 Å². The Bertz CT molecular complexity index is 1520. The first-order chi connectivity index (χ1) is 16.9. The molecule has 3 aromatic carbocycles. The van der Waals surface area contributed by atoms with Crippen LogP contribution >= 0.6 is 11.8 Å². The van der Waals surface area contributed by atoms with E-state index >= 15 is 0 Å². The number of anilines is 1. The Morgan fingerprint density at radius 3 is 2.57 bits per heavy atom. The van der Waals surface area contributed by atoms with Gasteiger partial charge in [0, 0.05) is 22.1 Å². The molecule has 2 N–H and O–H groups in total. The molecule has 4 aromatic rings. The maximum Gasteiger partial charge on any atom is 0.283 e. The number of nitro benzene ring substituents is 1. The van der Waals surface area contributed by atoms with Gasteiger partial charge >= 0.3 is 0 Å². The number of nitrogens with zero attached hydrogens (tertiary/aromatic N) is 4. The molecule has 11 heteroatoms. The van der Waals surface area contributed by atoms with Crippen LogP contribution < -0.4 is 11.0 Å². The Labute approximate surface area is 202 Å². The molecule has 0 aliphatic rings. The maximum absolute atomic E-state index is 13.1. The Balaban J connectivity index is 1.56. The van der Waals surface area contributed by atoms with E-state index in [1.165, 1.54) is 36.5 Å². The summed E-state index contributed by atoms with van der Waals surface area (Å²) in [6.07, 6.45) is 1.33. The molecule has 0 fully saturated rings. The van der Waals surface area contributed by atoms with E-state index in [0.29, 0.717) is 20.9 Å². The summed E-state index contributed by atoms with van der Waals surface area (Å²) in [4.78, 5) is 31.1. The zero-order chi connectivity index (χ0) is 24.8. The van der Waals surface area contributed by atoms with Crippen molar-refractivity contribution in [2.45, 2.75) is 9.79 Å². The molecule has 1 aromatic heterocycles. The number of nitro groups is 1. The van der Waals surface area contributed by atoms with Crippen molar-refractivity contribution in [3.63, 3.8) is 0 Å². The number of aromatic amines is 1. The number of hydrogen-bond donors (Lipinski definition) is 2. The molecule has 0 atom stereocenters. The highest BCUT2D eigenvalue weighted by molar-refractivity contribution is 7.99. The van der Waals surface area contributed by atoms with Crippen molar-refractivity contribution >= 4 is 29.6 Å². The predicted molar refractivity (Wildman–Crippen MR) is 130 cm³/mol. The van der Waals surface area contributed by atoms with Gasteiger partial charge in [-0.25, -0.2) is 14.8 Å². The molecule has 1 heterocycles. The van der Waals surface area contributed by atoms with E-state index in [9.17, 15) is 24.6 Å². The molecule has 0 unspecified atom stereocenters.